The fourth-order valence-electron chi connectivity index (χ4n) is 1.10. The summed E-state index contributed by atoms with van der Waals surface area (Å²) in [5.74, 6) is 1.00. The lowest BCUT2D eigenvalue weighted by Gasteiger charge is -1.96. The Bertz CT molecular complexity index is 468. The van der Waals surface area contributed by atoms with E-state index in [1.165, 1.54) is 0 Å². The number of benzene rings is 1. The van der Waals surface area contributed by atoms with E-state index in [0.29, 0.717) is 16.1 Å². The van der Waals surface area contributed by atoms with E-state index >= 15 is 0 Å². The number of anilines is 1. The molecule has 0 unspecified atom stereocenters. The van der Waals surface area contributed by atoms with Gasteiger partial charge in [0.2, 0.25) is 0 Å². The number of nitrogens with zero attached hydrogens (tertiary/aromatic N) is 1. The Morgan fingerprint density at radius 2 is 2.07 bits per heavy atom. The number of rotatable bonds is 1. The van der Waals surface area contributed by atoms with Crippen molar-refractivity contribution < 1.29 is 4.52 Å². The second-order valence-corrected chi connectivity index (χ2v) is 4.43. The molecule has 0 radical (unpaired) electrons. The first-order valence-electron chi connectivity index (χ1n) is 3.85. The van der Waals surface area contributed by atoms with E-state index in [0.717, 1.165) is 10.0 Å². The Kier molecular flexibility index (Phi) is 2.60. The summed E-state index contributed by atoms with van der Waals surface area (Å²) >= 11 is 6.70. The minimum absolute atomic E-state index is 0.361. The summed E-state index contributed by atoms with van der Waals surface area (Å²) in [5, 5.41) is 3.66. The lowest BCUT2D eigenvalue weighted by molar-refractivity contribution is 0.435. The average molecular weight is 318 g/mol. The quantitative estimate of drug-likeness (QED) is 0.876. The first kappa shape index (κ1) is 9.73. The standard InChI is InChI=1S/C9H6Br2N2O/c10-6-3-1-2-5(4-6)8-7(11)9(12)13-14-8/h1-4H,(H2,12,13). The van der Waals surface area contributed by atoms with Gasteiger partial charge in [-0.15, -0.1) is 0 Å². The van der Waals surface area contributed by atoms with E-state index in [4.69, 9.17) is 10.3 Å². The number of hydrogen-bond donors (Lipinski definition) is 1. The van der Waals surface area contributed by atoms with Crippen molar-refractivity contribution in [1.82, 2.24) is 5.16 Å². The minimum atomic E-state index is 0.361. The number of aromatic nitrogens is 1. The summed E-state index contributed by atoms with van der Waals surface area (Å²) in [4.78, 5) is 0. The van der Waals surface area contributed by atoms with Gasteiger partial charge in [0.25, 0.3) is 0 Å². The average Bonchev–Trinajstić information content (AvgIpc) is 2.48. The Morgan fingerprint density at radius 1 is 1.29 bits per heavy atom. The van der Waals surface area contributed by atoms with Crippen LogP contribution >= 0.6 is 31.9 Å². The molecule has 2 rings (SSSR count). The molecular formula is C9H6Br2N2O. The van der Waals surface area contributed by atoms with E-state index in [-0.39, 0.29) is 0 Å². The number of hydrogen-bond acceptors (Lipinski definition) is 3. The van der Waals surface area contributed by atoms with E-state index in [1.54, 1.807) is 0 Å². The SMILES string of the molecule is Nc1noc(-c2cccc(Br)c2)c1Br. The van der Waals surface area contributed by atoms with Crippen LogP contribution in [0.25, 0.3) is 11.3 Å². The number of nitrogen functional groups attached to an aromatic ring is 1. The predicted molar refractivity (Wildman–Crippen MR) is 61.8 cm³/mol. The molecule has 3 nitrogen and oxygen atoms in total. The Hall–Kier alpha value is -0.810. The van der Waals surface area contributed by atoms with Gasteiger partial charge in [0.1, 0.15) is 4.47 Å². The van der Waals surface area contributed by atoms with Crippen molar-refractivity contribution in [1.29, 1.82) is 0 Å². The van der Waals surface area contributed by atoms with Gasteiger partial charge in [-0.25, -0.2) is 0 Å². The highest BCUT2D eigenvalue weighted by molar-refractivity contribution is 9.11. The first-order chi connectivity index (χ1) is 6.68. The molecule has 2 N–H and O–H groups in total. The summed E-state index contributed by atoms with van der Waals surface area (Å²) in [7, 11) is 0. The van der Waals surface area contributed by atoms with Gasteiger partial charge in [-0.1, -0.05) is 33.2 Å². The van der Waals surface area contributed by atoms with Crippen molar-refractivity contribution in [2.75, 3.05) is 5.73 Å². The Morgan fingerprint density at radius 3 is 2.64 bits per heavy atom. The molecule has 0 fully saturated rings. The summed E-state index contributed by atoms with van der Waals surface area (Å²) in [6.45, 7) is 0. The van der Waals surface area contributed by atoms with Gasteiger partial charge < -0.3 is 10.3 Å². The van der Waals surface area contributed by atoms with Gasteiger partial charge >= 0.3 is 0 Å². The molecule has 14 heavy (non-hydrogen) atoms. The van der Waals surface area contributed by atoms with E-state index in [9.17, 15) is 0 Å². The molecule has 1 aromatic carbocycles. The van der Waals surface area contributed by atoms with Gasteiger partial charge in [-0.05, 0) is 28.1 Å². The van der Waals surface area contributed by atoms with Gasteiger partial charge in [0.05, 0.1) is 0 Å². The molecule has 1 heterocycles. The third-order valence-electron chi connectivity index (χ3n) is 1.75. The molecule has 0 spiro atoms. The molecule has 0 saturated carbocycles. The summed E-state index contributed by atoms with van der Waals surface area (Å²) < 4.78 is 6.77. The van der Waals surface area contributed by atoms with E-state index < -0.39 is 0 Å². The zero-order valence-electron chi connectivity index (χ0n) is 7.00. The highest BCUT2D eigenvalue weighted by Gasteiger charge is 2.12. The van der Waals surface area contributed by atoms with Crippen LogP contribution in [0.15, 0.2) is 37.7 Å². The van der Waals surface area contributed by atoms with Crippen molar-refractivity contribution in [2.45, 2.75) is 0 Å². The molecule has 0 bridgehead atoms. The molecule has 0 aliphatic heterocycles. The molecule has 72 valence electrons. The van der Waals surface area contributed by atoms with Crippen molar-refractivity contribution in [3.63, 3.8) is 0 Å². The third-order valence-corrected chi connectivity index (χ3v) is 3.01. The molecule has 5 heteroatoms. The maximum atomic E-state index is 5.55. The van der Waals surface area contributed by atoms with E-state index in [1.807, 2.05) is 24.3 Å². The highest BCUT2D eigenvalue weighted by Crippen LogP contribution is 2.33. The minimum Gasteiger partial charge on any atom is -0.380 e. The van der Waals surface area contributed by atoms with Gasteiger partial charge in [0, 0.05) is 10.0 Å². The maximum Gasteiger partial charge on any atom is 0.183 e. The van der Waals surface area contributed by atoms with Gasteiger partial charge in [0.15, 0.2) is 11.6 Å². The molecule has 0 aliphatic carbocycles. The zero-order valence-corrected chi connectivity index (χ0v) is 10.2. The fraction of sp³-hybridized carbons (Fsp3) is 0. The Labute approximate surface area is 97.5 Å². The molecule has 1 aromatic heterocycles. The largest absolute Gasteiger partial charge is 0.380 e. The van der Waals surface area contributed by atoms with Crippen LogP contribution in [0, 0.1) is 0 Å². The highest BCUT2D eigenvalue weighted by atomic mass is 79.9. The third kappa shape index (κ3) is 1.69. The van der Waals surface area contributed by atoms with Gasteiger partial charge in [-0.3, -0.25) is 0 Å². The molecule has 0 amide bonds. The topological polar surface area (TPSA) is 52.0 Å². The van der Waals surface area contributed by atoms with Crippen LogP contribution < -0.4 is 5.73 Å². The lowest BCUT2D eigenvalue weighted by atomic mass is 10.2. The van der Waals surface area contributed by atoms with Crippen LogP contribution in [0.2, 0.25) is 0 Å². The van der Waals surface area contributed by atoms with Gasteiger partial charge in [-0.2, -0.15) is 0 Å². The van der Waals surface area contributed by atoms with E-state index in [2.05, 4.69) is 37.0 Å². The smallest absolute Gasteiger partial charge is 0.183 e. The maximum absolute atomic E-state index is 5.55. The first-order valence-corrected chi connectivity index (χ1v) is 5.43. The fourth-order valence-corrected chi connectivity index (χ4v) is 1.87. The molecule has 0 saturated heterocycles. The monoisotopic (exact) mass is 316 g/mol. The van der Waals surface area contributed by atoms with Crippen LogP contribution in [-0.2, 0) is 0 Å². The Balaban J connectivity index is 2.55. The second-order valence-electron chi connectivity index (χ2n) is 2.72. The van der Waals surface area contributed by atoms with Crippen LogP contribution in [0.5, 0.6) is 0 Å². The molecule has 0 aliphatic rings. The molecule has 2 aromatic rings. The summed E-state index contributed by atoms with van der Waals surface area (Å²) in [6, 6.07) is 7.72. The van der Waals surface area contributed by atoms with Crippen molar-refractivity contribution in [2.24, 2.45) is 0 Å². The predicted octanol–water partition coefficient (Wildman–Crippen LogP) is 3.45. The van der Waals surface area contributed by atoms with Crippen LogP contribution in [-0.4, -0.2) is 5.16 Å². The number of nitrogens with two attached hydrogens (primary N) is 1. The van der Waals surface area contributed by atoms with Crippen LogP contribution in [0.4, 0.5) is 5.82 Å². The lowest BCUT2D eigenvalue weighted by Crippen LogP contribution is -1.83. The normalized spacial score (nSPS) is 10.4. The van der Waals surface area contributed by atoms with Crippen molar-refractivity contribution >= 4 is 37.7 Å². The number of halogens is 2. The van der Waals surface area contributed by atoms with Crippen molar-refractivity contribution in [3.05, 3.63) is 33.2 Å². The summed E-state index contributed by atoms with van der Waals surface area (Å²) in [5.41, 5.74) is 6.48. The van der Waals surface area contributed by atoms with Crippen LogP contribution in [0.3, 0.4) is 0 Å². The van der Waals surface area contributed by atoms with Crippen molar-refractivity contribution in [3.8, 4) is 11.3 Å². The molecular weight excluding hydrogens is 312 g/mol. The molecule has 0 atom stereocenters. The van der Waals surface area contributed by atoms with Crippen LogP contribution in [0.1, 0.15) is 0 Å². The summed E-state index contributed by atoms with van der Waals surface area (Å²) in [6.07, 6.45) is 0. The zero-order chi connectivity index (χ0) is 10.1. The second kappa shape index (κ2) is 3.74.